The molecular weight excluding hydrogens is 303 g/mol. The van der Waals surface area contributed by atoms with Crippen molar-refractivity contribution < 1.29 is 18.0 Å². The summed E-state index contributed by atoms with van der Waals surface area (Å²) in [5.74, 6) is -0.605. The number of alkyl halides is 3. The van der Waals surface area contributed by atoms with Crippen molar-refractivity contribution in [3.05, 3.63) is 22.7 Å². The third kappa shape index (κ3) is 3.44. The van der Waals surface area contributed by atoms with E-state index in [-0.39, 0.29) is 10.6 Å². The molecule has 1 unspecified atom stereocenters. The molecule has 1 atom stereocenters. The van der Waals surface area contributed by atoms with Gasteiger partial charge in [-0.05, 0) is 25.5 Å². The van der Waals surface area contributed by atoms with Crippen molar-refractivity contribution in [3.63, 3.8) is 0 Å². The van der Waals surface area contributed by atoms with Gasteiger partial charge in [0, 0.05) is 17.6 Å². The molecule has 8 heteroatoms. The second-order valence-corrected chi connectivity index (χ2v) is 5.85. The van der Waals surface area contributed by atoms with Gasteiger partial charge in [0.1, 0.15) is 9.71 Å². The molecule has 1 amide bonds. The number of aromatic nitrogens is 1. The van der Waals surface area contributed by atoms with E-state index in [1.54, 1.807) is 12.3 Å². The lowest BCUT2D eigenvalue weighted by molar-refractivity contribution is -0.138. The summed E-state index contributed by atoms with van der Waals surface area (Å²) in [5, 5.41) is 2.99. The zero-order valence-electron chi connectivity index (χ0n) is 11.4. The Labute approximate surface area is 123 Å². The molecule has 0 aliphatic carbocycles. The van der Waals surface area contributed by atoms with Crippen LogP contribution in [0.3, 0.4) is 0 Å². The van der Waals surface area contributed by atoms with E-state index in [1.807, 2.05) is 6.92 Å². The first kappa shape index (κ1) is 15.6. The number of fused-ring (bicyclic) bond motifs is 1. The molecular formula is C13H14F3N3OS. The van der Waals surface area contributed by atoms with Gasteiger partial charge < -0.3 is 11.1 Å². The molecule has 21 heavy (non-hydrogen) atoms. The summed E-state index contributed by atoms with van der Waals surface area (Å²) < 4.78 is 36.8. The van der Waals surface area contributed by atoms with Crippen molar-refractivity contribution in [2.24, 2.45) is 0 Å². The van der Waals surface area contributed by atoms with Gasteiger partial charge in [0.05, 0.1) is 12.1 Å². The maximum atomic E-state index is 12.3. The highest BCUT2D eigenvalue weighted by atomic mass is 32.1. The van der Waals surface area contributed by atoms with E-state index in [4.69, 9.17) is 5.73 Å². The number of pyridine rings is 1. The molecule has 0 radical (unpaired) electrons. The average molecular weight is 317 g/mol. The number of rotatable bonds is 3. The average Bonchev–Trinajstić information content (AvgIpc) is 2.65. The predicted molar refractivity (Wildman–Crippen MR) is 76.4 cm³/mol. The number of halogens is 3. The fourth-order valence-electron chi connectivity index (χ4n) is 2.06. The second-order valence-electron chi connectivity index (χ2n) is 4.85. The van der Waals surface area contributed by atoms with Crippen LogP contribution in [0.15, 0.2) is 12.3 Å². The Hall–Kier alpha value is -1.83. The van der Waals surface area contributed by atoms with Crippen LogP contribution >= 0.6 is 11.3 Å². The summed E-state index contributed by atoms with van der Waals surface area (Å²) in [6.45, 7) is 3.14. The van der Waals surface area contributed by atoms with Crippen molar-refractivity contribution in [2.75, 3.05) is 5.73 Å². The minimum atomic E-state index is -4.32. The minimum Gasteiger partial charge on any atom is -0.397 e. The number of amides is 1. The fraction of sp³-hybridized carbons (Fsp3) is 0.385. The number of nitrogens with zero attached hydrogens (tertiary/aromatic N) is 1. The number of hydrogen-bond acceptors (Lipinski definition) is 4. The first-order valence-corrected chi connectivity index (χ1v) is 7.02. The van der Waals surface area contributed by atoms with E-state index >= 15 is 0 Å². The molecule has 0 saturated heterocycles. The second kappa shape index (κ2) is 5.51. The number of hydrogen-bond donors (Lipinski definition) is 2. The van der Waals surface area contributed by atoms with Gasteiger partial charge in [-0.25, -0.2) is 4.98 Å². The van der Waals surface area contributed by atoms with Gasteiger partial charge in [-0.1, -0.05) is 0 Å². The highest BCUT2D eigenvalue weighted by Gasteiger charge is 2.31. The summed E-state index contributed by atoms with van der Waals surface area (Å²) in [5.41, 5.74) is 7.06. The summed E-state index contributed by atoms with van der Waals surface area (Å²) >= 11 is 1.08. The molecule has 0 aliphatic rings. The van der Waals surface area contributed by atoms with Crippen LogP contribution in [0.2, 0.25) is 0 Å². The third-order valence-corrected chi connectivity index (χ3v) is 4.07. The third-order valence-electron chi connectivity index (χ3n) is 2.96. The van der Waals surface area contributed by atoms with Gasteiger partial charge in [-0.2, -0.15) is 13.2 Å². The van der Waals surface area contributed by atoms with E-state index in [1.165, 1.54) is 6.92 Å². The molecule has 114 valence electrons. The highest BCUT2D eigenvalue weighted by molar-refractivity contribution is 7.21. The van der Waals surface area contributed by atoms with Gasteiger partial charge in [0.15, 0.2) is 0 Å². The molecule has 0 aromatic carbocycles. The van der Waals surface area contributed by atoms with Crippen molar-refractivity contribution in [3.8, 4) is 0 Å². The minimum absolute atomic E-state index is 0.195. The number of anilines is 1. The van der Waals surface area contributed by atoms with Crippen LogP contribution in [-0.2, 0) is 0 Å². The number of carbonyl (C=O) groups excluding carboxylic acids is 1. The van der Waals surface area contributed by atoms with E-state index in [9.17, 15) is 18.0 Å². The summed E-state index contributed by atoms with van der Waals surface area (Å²) in [4.78, 5) is 17.0. The van der Waals surface area contributed by atoms with Crippen LogP contribution in [0.1, 0.15) is 28.6 Å². The fourth-order valence-corrected chi connectivity index (χ4v) is 3.10. The Balaban J connectivity index is 2.24. The van der Waals surface area contributed by atoms with Crippen molar-refractivity contribution in [1.82, 2.24) is 10.3 Å². The molecule has 4 nitrogen and oxygen atoms in total. The van der Waals surface area contributed by atoms with Gasteiger partial charge in [0.2, 0.25) is 0 Å². The molecule has 2 aromatic heterocycles. The Bertz CT molecular complexity index is 681. The van der Waals surface area contributed by atoms with Crippen LogP contribution in [0, 0.1) is 6.92 Å². The van der Waals surface area contributed by atoms with Gasteiger partial charge in [-0.3, -0.25) is 4.79 Å². The number of nitrogens with two attached hydrogens (primary N) is 1. The zero-order valence-corrected chi connectivity index (χ0v) is 12.2. The molecule has 0 saturated carbocycles. The lowest BCUT2D eigenvalue weighted by Gasteiger charge is -2.15. The van der Waals surface area contributed by atoms with E-state index < -0.39 is 24.5 Å². The maximum Gasteiger partial charge on any atom is 0.391 e. The van der Waals surface area contributed by atoms with E-state index in [2.05, 4.69) is 10.3 Å². The van der Waals surface area contributed by atoms with E-state index in [0.717, 1.165) is 16.9 Å². The number of thiophene rings is 1. The lowest BCUT2D eigenvalue weighted by atomic mass is 10.1. The van der Waals surface area contributed by atoms with Crippen molar-refractivity contribution in [1.29, 1.82) is 0 Å². The summed E-state index contributed by atoms with van der Waals surface area (Å²) in [6.07, 6.45) is -3.81. The SMILES string of the molecule is Cc1ccnc2sc(C(=O)NC(C)CC(F)(F)F)c(N)c12. The number of aryl methyl sites for hydroxylation is 1. The van der Waals surface area contributed by atoms with Crippen molar-refractivity contribution >= 4 is 33.1 Å². The summed E-state index contributed by atoms with van der Waals surface area (Å²) in [6, 6.07) is 0.746. The first-order valence-electron chi connectivity index (χ1n) is 6.20. The smallest absolute Gasteiger partial charge is 0.391 e. The molecule has 3 N–H and O–H groups in total. The summed E-state index contributed by atoms with van der Waals surface area (Å²) in [7, 11) is 0. The standard InChI is InChI=1S/C13H14F3N3OS/c1-6-3-4-18-12-8(6)9(17)10(21-12)11(20)19-7(2)5-13(14,15)16/h3-4,7H,5,17H2,1-2H3,(H,19,20). The normalized spacial score (nSPS) is 13.4. The van der Waals surface area contributed by atoms with E-state index in [0.29, 0.717) is 10.2 Å². The monoisotopic (exact) mass is 317 g/mol. The Morgan fingerprint density at radius 2 is 2.19 bits per heavy atom. The van der Waals surface area contributed by atoms with Crippen molar-refractivity contribution in [2.45, 2.75) is 32.5 Å². The molecule has 2 heterocycles. The molecule has 0 aliphatic heterocycles. The van der Waals surface area contributed by atoms with Gasteiger partial charge >= 0.3 is 6.18 Å². The van der Waals surface area contributed by atoms with Gasteiger partial charge in [-0.15, -0.1) is 11.3 Å². The molecule has 2 rings (SSSR count). The van der Waals surface area contributed by atoms with Crippen LogP contribution in [0.4, 0.5) is 18.9 Å². The van der Waals surface area contributed by atoms with Crippen LogP contribution in [0.25, 0.3) is 10.2 Å². The predicted octanol–water partition coefficient (Wildman–Crippen LogP) is 3.26. The van der Waals surface area contributed by atoms with Crippen LogP contribution < -0.4 is 11.1 Å². The Morgan fingerprint density at radius 1 is 1.52 bits per heavy atom. The largest absolute Gasteiger partial charge is 0.397 e. The topological polar surface area (TPSA) is 68.0 Å². The highest BCUT2D eigenvalue weighted by Crippen LogP contribution is 2.34. The lowest BCUT2D eigenvalue weighted by Crippen LogP contribution is -2.35. The Kier molecular flexibility index (Phi) is 4.08. The molecule has 2 aromatic rings. The van der Waals surface area contributed by atoms with Crippen LogP contribution in [0.5, 0.6) is 0 Å². The number of carbonyl (C=O) groups is 1. The first-order chi connectivity index (χ1) is 9.69. The van der Waals surface area contributed by atoms with Gasteiger partial charge in [0.25, 0.3) is 5.91 Å². The number of nitrogens with one attached hydrogen (secondary N) is 1. The maximum absolute atomic E-state index is 12.3. The quantitative estimate of drug-likeness (QED) is 0.913. The molecule has 0 spiro atoms. The number of nitrogen functional groups attached to an aromatic ring is 1. The molecule has 0 fully saturated rings. The van der Waals surface area contributed by atoms with Crippen LogP contribution in [-0.4, -0.2) is 23.1 Å². The Morgan fingerprint density at radius 3 is 2.76 bits per heavy atom. The molecule has 0 bridgehead atoms. The zero-order chi connectivity index (χ0) is 15.8.